The number of carbonyl (C=O) groups excluding carboxylic acids is 1. The number of benzene rings is 4. The largest absolute Gasteiger partial charge is 0.489 e. The number of nitrogens with zero attached hydrogens (tertiary/aromatic N) is 3. The summed E-state index contributed by atoms with van der Waals surface area (Å²) < 4.78 is 13.6. The minimum atomic E-state index is -0.524. The Morgan fingerprint density at radius 1 is 0.814 bits per heavy atom. The fraction of sp³-hybridized carbons (Fsp3) is 0.171. The summed E-state index contributed by atoms with van der Waals surface area (Å²) >= 11 is 1.55. The molecule has 1 aliphatic rings. The van der Waals surface area contributed by atoms with Crippen molar-refractivity contribution in [3.05, 3.63) is 148 Å². The molecule has 0 fully saturated rings. The van der Waals surface area contributed by atoms with Crippen LogP contribution in [0.4, 0.5) is 5.95 Å². The van der Waals surface area contributed by atoms with Crippen molar-refractivity contribution in [1.29, 1.82) is 0 Å². The van der Waals surface area contributed by atoms with Crippen molar-refractivity contribution in [2.75, 3.05) is 5.32 Å². The van der Waals surface area contributed by atoms with Crippen LogP contribution in [0, 0.1) is 6.92 Å². The molecule has 2 heterocycles. The highest BCUT2D eigenvalue weighted by molar-refractivity contribution is 7.98. The zero-order valence-electron chi connectivity index (χ0n) is 24.1. The van der Waals surface area contributed by atoms with E-state index in [0.29, 0.717) is 29.0 Å². The maximum atomic E-state index is 13.6. The van der Waals surface area contributed by atoms with Crippen LogP contribution < -0.4 is 10.1 Å². The monoisotopic (exact) mass is 588 g/mol. The number of aromatic nitrogens is 3. The molecule has 0 saturated carbocycles. The lowest BCUT2D eigenvalue weighted by Gasteiger charge is -2.28. The number of hydrogen-bond acceptors (Lipinski definition) is 7. The Morgan fingerprint density at radius 2 is 1.47 bits per heavy atom. The first kappa shape index (κ1) is 28.3. The van der Waals surface area contributed by atoms with Crippen molar-refractivity contribution >= 4 is 23.7 Å². The fourth-order valence-electron chi connectivity index (χ4n) is 4.89. The molecule has 5 aromatic rings. The predicted molar refractivity (Wildman–Crippen MR) is 169 cm³/mol. The Hall–Kier alpha value is -4.82. The first-order chi connectivity index (χ1) is 21.0. The molecule has 43 heavy (non-hydrogen) atoms. The third kappa shape index (κ3) is 6.81. The van der Waals surface area contributed by atoms with E-state index >= 15 is 0 Å². The zero-order valence-corrected chi connectivity index (χ0v) is 24.9. The second kappa shape index (κ2) is 13.0. The van der Waals surface area contributed by atoms with Gasteiger partial charge in [0.1, 0.15) is 25.0 Å². The molecular formula is C35H32N4O3S. The van der Waals surface area contributed by atoms with E-state index in [1.165, 1.54) is 11.1 Å². The number of carbonyl (C=O) groups is 1. The van der Waals surface area contributed by atoms with Crippen LogP contribution in [-0.4, -0.2) is 20.7 Å². The van der Waals surface area contributed by atoms with Gasteiger partial charge in [0.15, 0.2) is 0 Å². The SMILES string of the molecule is CC1=C(C(=O)OCc2ccccc2)C(c2ccc(OCc3ccc(C)cc3)cc2)n2nc(SCc3ccccc3)nc2N1. The molecule has 7 nitrogen and oxygen atoms in total. The van der Waals surface area contributed by atoms with Gasteiger partial charge in [0, 0.05) is 11.4 Å². The number of aryl methyl sites for hydroxylation is 1. The molecule has 1 unspecified atom stereocenters. The molecule has 0 amide bonds. The van der Waals surface area contributed by atoms with Crippen molar-refractivity contribution in [1.82, 2.24) is 14.8 Å². The topological polar surface area (TPSA) is 78.3 Å². The molecule has 1 atom stereocenters. The highest BCUT2D eigenvalue weighted by Gasteiger charge is 2.35. The average Bonchev–Trinajstić information content (AvgIpc) is 3.45. The lowest BCUT2D eigenvalue weighted by molar-refractivity contribution is -0.140. The molecule has 0 spiro atoms. The van der Waals surface area contributed by atoms with E-state index in [1.807, 2.05) is 79.7 Å². The van der Waals surface area contributed by atoms with Crippen molar-refractivity contribution in [2.45, 2.75) is 44.0 Å². The number of fused-ring (bicyclic) bond motifs is 1. The summed E-state index contributed by atoms with van der Waals surface area (Å²) in [7, 11) is 0. The zero-order chi connectivity index (χ0) is 29.6. The molecule has 8 heteroatoms. The van der Waals surface area contributed by atoms with Gasteiger partial charge in [0.05, 0.1) is 5.57 Å². The Kier molecular flexibility index (Phi) is 8.56. The number of esters is 1. The Balaban J connectivity index is 1.26. The minimum Gasteiger partial charge on any atom is -0.489 e. The first-order valence-corrected chi connectivity index (χ1v) is 15.1. The molecule has 0 saturated heterocycles. The summed E-state index contributed by atoms with van der Waals surface area (Å²) in [5.74, 6) is 1.65. The number of allylic oxidation sites excluding steroid dienone is 1. The smallest absolute Gasteiger partial charge is 0.338 e. The first-order valence-electron chi connectivity index (χ1n) is 14.1. The third-order valence-corrected chi connectivity index (χ3v) is 8.11. The lowest BCUT2D eigenvalue weighted by atomic mass is 9.95. The van der Waals surface area contributed by atoms with Crippen LogP contribution in [0.15, 0.2) is 126 Å². The number of hydrogen-bond donors (Lipinski definition) is 1. The van der Waals surface area contributed by atoms with E-state index in [2.05, 4.69) is 48.6 Å². The number of anilines is 1. The van der Waals surface area contributed by atoms with Gasteiger partial charge in [0.2, 0.25) is 11.1 Å². The van der Waals surface area contributed by atoms with E-state index in [4.69, 9.17) is 19.6 Å². The number of nitrogens with one attached hydrogen (secondary N) is 1. The highest BCUT2D eigenvalue weighted by Crippen LogP contribution is 2.37. The van der Waals surface area contributed by atoms with Crippen molar-refractivity contribution < 1.29 is 14.3 Å². The van der Waals surface area contributed by atoms with E-state index in [9.17, 15) is 4.79 Å². The fourth-order valence-corrected chi connectivity index (χ4v) is 5.67. The van der Waals surface area contributed by atoms with Gasteiger partial charge in [0.25, 0.3) is 0 Å². The molecule has 4 aromatic carbocycles. The van der Waals surface area contributed by atoms with Crippen molar-refractivity contribution in [3.8, 4) is 5.75 Å². The number of thioether (sulfide) groups is 1. The van der Waals surface area contributed by atoms with Gasteiger partial charge >= 0.3 is 5.97 Å². The van der Waals surface area contributed by atoms with Crippen LogP contribution in [-0.2, 0) is 28.5 Å². The molecule has 6 rings (SSSR count). The molecule has 0 aliphatic carbocycles. The van der Waals surface area contributed by atoms with Gasteiger partial charge in [-0.1, -0.05) is 114 Å². The normalized spacial score (nSPS) is 14.1. The van der Waals surface area contributed by atoms with Crippen LogP contribution in [0.5, 0.6) is 5.75 Å². The number of rotatable bonds is 10. The maximum absolute atomic E-state index is 13.6. The van der Waals surface area contributed by atoms with Crippen LogP contribution in [0.3, 0.4) is 0 Å². The maximum Gasteiger partial charge on any atom is 0.338 e. The molecular weight excluding hydrogens is 556 g/mol. The van der Waals surface area contributed by atoms with Crippen molar-refractivity contribution in [2.24, 2.45) is 0 Å². The quantitative estimate of drug-likeness (QED) is 0.134. The molecule has 0 bridgehead atoms. The number of ether oxygens (including phenoxy) is 2. The summed E-state index contributed by atoms with van der Waals surface area (Å²) in [6.45, 7) is 4.59. The summed E-state index contributed by atoms with van der Waals surface area (Å²) in [4.78, 5) is 18.4. The third-order valence-electron chi connectivity index (χ3n) is 7.20. The second-order valence-corrected chi connectivity index (χ2v) is 11.4. The summed E-state index contributed by atoms with van der Waals surface area (Å²) in [6, 6.07) is 35.4. The average molecular weight is 589 g/mol. The predicted octanol–water partition coefficient (Wildman–Crippen LogP) is 7.49. The summed E-state index contributed by atoms with van der Waals surface area (Å²) in [6.07, 6.45) is 0. The van der Waals surface area contributed by atoms with Crippen LogP contribution in [0.1, 0.15) is 40.8 Å². The van der Waals surface area contributed by atoms with Gasteiger partial charge in [-0.15, -0.1) is 5.10 Å². The van der Waals surface area contributed by atoms with Gasteiger partial charge in [-0.25, -0.2) is 9.48 Å². The second-order valence-electron chi connectivity index (χ2n) is 10.4. The van der Waals surface area contributed by atoms with Crippen molar-refractivity contribution in [3.63, 3.8) is 0 Å². The molecule has 0 radical (unpaired) electrons. The lowest BCUT2D eigenvalue weighted by Crippen LogP contribution is -2.29. The van der Waals surface area contributed by atoms with Crippen LogP contribution >= 0.6 is 11.8 Å². The summed E-state index contributed by atoms with van der Waals surface area (Å²) in [5.41, 5.74) is 6.47. The van der Waals surface area contributed by atoms with E-state index in [1.54, 1.807) is 16.4 Å². The molecule has 1 aromatic heterocycles. The Morgan fingerprint density at radius 3 is 2.16 bits per heavy atom. The van der Waals surface area contributed by atoms with Crippen LogP contribution in [0.25, 0.3) is 0 Å². The summed E-state index contributed by atoms with van der Waals surface area (Å²) in [5, 5.41) is 8.76. The van der Waals surface area contributed by atoms with Gasteiger partial charge in [-0.3, -0.25) is 0 Å². The van der Waals surface area contributed by atoms with Gasteiger partial charge < -0.3 is 14.8 Å². The van der Waals surface area contributed by atoms with E-state index in [-0.39, 0.29) is 6.61 Å². The van der Waals surface area contributed by atoms with E-state index in [0.717, 1.165) is 28.2 Å². The minimum absolute atomic E-state index is 0.178. The Bertz CT molecular complexity index is 1720. The Labute approximate surface area is 255 Å². The molecule has 216 valence electrons. The van der Waals surface area contributed by atoms with Gasteiger partial charge in [-0.2, -0.15) is 4.98 Å². The van der Waals surface area contributed by atoms with Gasteiger partial charge in [-0.05, 0) is 48.2 Å². The molecule has 1 aliphatic heterocycles. The van der Waals surface area contributed by atoms with E-state index < -0.39 is 12.0 Å². The highest BCUT2D eigenvalue weighted by atomic mass is 32.2. The molecule has 1 N–H and O–H groups in total. The van der Waals surface area contributed by atoms with Crippen LogP contribution in [0.2, 0.25) is 0 Å². The standard InChI is InChI=1S/C35H32N4O3S/c1-24-13-15-27(16-14-24)21-41-30-19-17-29(18-20-30)32-31(33(40)42-22-26-9-5-3-6-10-26)25(2)36-34-37-35(38-39(32)34)43-23-28-11-7-4-8-12-28/h3-20,32H,21-23H2,1-2H3,(H,36,37,38).